The monoisotopic (exact) mass is 1180 g/mol. The molecule has 1 saturated heterocycles. The molecular weight excluding hydrogens is 1050 g/mol. The van der Waals surface area contributed by atoms with Crippen LogP contribution in [0.3, 0.4) is 0 Å². The minimum absolute atomic E-state index is 0. The van der Waals surface area contributed by atoms with E-state index in [2.05, 4.69) is 20.8 Å². The van der Waals surface area contributed by atoms with Crippen molar-refractivity contribution in [1.29, 1.82) is 0 Å². The molecule has 0 spiro atoms. The van der Waals surface area contributed by atoms with Gasteiger partial charge in [0.15, 0.2) is 0 Å². The number of aliphatic hydroxyl groups is 1. The van der Waals surface area contributed by atoms with Crippen LogP contribution in [0.4, 0.5) is 0 Å². The number of ether oxygens (including phenoxy) is 6. The Balaban J connectivity index is 0. The molecule has 1 aliphatic heterocycles. The summed E-state index contributed by atoms with van der Waals surface area (Å²) >= 11 is 0. The fraction of sp³-hybridized carbons (Fsp3) is 0.914. The van der Waals surface area contributed by atoms with Gasteiger partial charge in [0.05, 0.1) is 46.2 Å². The van der Waals surface area contributed by atoms with Gasteiger partial charge in [0.1, 0.15) is 29.0 Å². The van der Waals surface area contributed by atoms with Crippen LogP contribution in [-0.4, -0.2) is 82.6 Å². The Morgan fingerprint density at radius 2 is 0.964 bits per heavy atom. The van der Waals surface area contributed by atoms with Gasteiger partial charge in [-0.3, -0.25) is 28.8 Å². The number of rotatable bonds is 14. The molecule has 1 heterocycles. The van der Waals surface area contributed by atoms with E-state index in [9.17, 15) is 33.9 Å². The van der Waals surface area contributed by atoms with E-state index < -0.39 is 46.4 Å². The van der Waals surface area contributed by atoms with E-state index in [1.807, 2.05) is 76.2 Å². The van der Waals surface area contributed by atoms with Gasteiger partial charge in [-0.25, -0.2) is 0 Å². The van der Waals surface area contributed by atoms with Crippen LogP contribution in [0.15, 0.2) is 0 Å². The van der Waals surface area contributed by atoms with Gasteiger partial charge in [-0.05, 0) is 226 Å². The molecule has 0 radical (unpaired) electrons. The van der Waals surface area contributed by atoms with Crippen molar-refractivity contribution in [3.05, 3.63) is 0 Å². The number of esters is 6. The summed E-state index contributed by atoms with van der Waals surface area (Å²) in [4.78, 5) is 73.3. The van der Waals surface area contributed by atoms with Crippen molar-refractivity contribution in [3.63, 3.8) is 0 Å². The second-order valence-electron chi connectivity index (χ2n) is 28.6. The molecule has 11 aliphatic carbocycles. The molecule has 490 valence electrons. The van der Waals surface area contributed by atoms with E-state index in [1.54, 1.807) is 0 Å². The van der Waals surface area contributed by atoms with Crippen LogP contribution < -0.4 is 0 Å². The third-order valence-corrected chi connectivity index (χ3v) is 21.8. The van der Waals surface area contributed by atoms with Crippen LogP contribution in [0.2, 0.25) is 0 Å². The largest absolute Gasteiger partial charge is 0.469 e. The molecule has 12 rings (SSSR count). The highest BCUT2D eigenvalue weighted by Gasteiger charge is 2.70. The molecule has 12 aliphatic rings. The zero-order valence-corrected chi connectivity index (χ0v) is 49.1. The summed E-state index contributed by atoms with van der Waals surface area (Å²) in [7, 11) is 1.31. The number of carbonyl (C=O) groups is 6. The zero-order chi connectivity index (χ0) is 55.5. The van der Waals surface area contributed by atoms with E-state index in [1.165, 1.54) is 58.5 Å². The van der Waals surface area contributed by atoms with Gasteiger partial charge >= 0.3 is 35.8 Å². The van der Waals surface area contributed by atoms with Gasteiger partial charge in [0.25, 0.3) is 0 Å². The Bertz CT molecular complexity index is 2070. The lowest BCUT2D eigenvalue weighted by molar-refractivity contribution is -0.225. The molecule has 11 saturated carbocycles. The van der Waals surface area contributed by atoms with Gasteiger partial charge in [0, 0.05) is 18.3 Å². The van der Waals surface area contributed by atoms with Crippen LogP contribution >= 0.6 is 0 Å². The predicted octanol–water partition coefficient (Wildman–Crippen LogP) is 17.3. The highest BCUT2D eigenvalue weighted by Crippen LogP contribution is 2.62. The topological polar surface area (TPSA) is 178 Å². The lowest BCUT2D eigenvalue weighted by Gasteiger charge is -2.59. The minimum atomic E-state index is -0.593. The third kappa shape index (κ3) is 16.5. The summed E-state index contributed by atoms with van der Waals surface area (Å²) in [5.41, 5.74) is -2.89. The lowest BCUT2D eigenvalue weighted by atomic mass is 9.50. The maximum absolute atomic E-state index is 12.5. The average molecular weight is 1180 g/mol. The van der Waals surface area contributed by atoms with Crippen molar-refractivity contribution in [1.82, 2.24) is 0 Å². The number of hydrogen-bond acceptors (Lipinski definition) is 13. The highest BCUT2D eigenvalue weighted by molar-refractivity contribution is 5.86. The second kappa shape index (κ2) is 30.1. The summed E-state index contributed by atoms with van der Waals surface area (Å²) in [5.74, 6) is 1.84. The number of carbonyl (C=O) groups excluding carboxylic acids is 6. The molecule has 0 aromatic rings. The van der Waals surface area contributed by atoms with Crippen LogP contribution in [-0.2, 0) is 57.2 Å². The first-order valence-corrected chi connectivity index (χ1v) is 29.8. The van der Waals surface area contributed by atoms with Gasteiger partial charge in [-0.15, -0.1) is 0 Å². The predicted molar refractivity (Wildman–Crippen MR) is 338 cm³/mol. The molecule has 83 heavy (non-hydrogen) atoms. The van der Waals surface area contributed by atoms with Crippen molar-refractivity contribution in [2.75, 3.05) is 7.11 Å². The fourth-order valence-electron chi connectivity index (χ4n) is 15.6. The first kappa shape index (κ1) is 81.8. The molecule has 13 nitrogen and oxygen atoms in total. The molecule has 0 amide bonds. The summed E-state index contributed by atoms with van der Waals surface area (Å²) in [6.45, 7) is 27.9. The normalized spacial score (nSPS) is 34.3. The summed E-state index contributed by atoms with van der Waals surface area (Å²) in [5, 5.41) is 10.6. The van der Waals surface area contributed by atoms with E-state index in [-0.39, 0.29) is 129 Å². The third-order valence-electron chi connectivity index (χ3n) is 21.8. The molecule has 1 N–H and O–H groups in total. The second-order valence-corrected chi connectivity index (χ2v) is 28.6. The van der Waals surface area contributed by atoms with E-state index in [4.69, 9.17) is 28.4 Å². The highest BCUT2D eigenvalue weighted by atomic mass is 16.6. The number of methoxy groups -OCH3 is 1. The average Bonchev–Trinajstić information content (AvgIpc) is 4.12. The molecule has 0 aromatic carbocycles. The van der Waals surface area contributed by atoms with Gasteiger partial charge in [0.2, 0.25) is 0 Å². The van der Waals surface area contributed by atoms with Crippen LogP contribution in [0.5, 0.6) is 0 Å². The van der Waals surface area contributed by atoms with Gasteiger partial charge < -0.3 is 33.5 Å². The van der Waals surface area contributed by atoms with Crippen molar-refractivity contribution in [2.45, 2.75) is 326 Å². The maximum Gasteiger partial charge on any atom is 0.312 e. The molecule has 8 atom stereocenters. The Morgan fingerprint density at radius 1 is 0.554 bits per heavy atom. The first-order chi connectivity index (χ1) is 34.9. The Hall–Kier alpha value is -3.22. The molecule has 10 bridgehead atoms. The van der Waals surface area contributed by atoms with Crippen molar-refractivity contribution < 1.29 is 62.3 Å². The summed E-state index contributed by atoms with van der Waals surface area (Å²) in [6.07, 6.45) is 20.6. The Labute approximate surface area is 509 Å². The van der Waals surface area contributed by atoms with Gasteiger partial charge in [-0.2, -0.15) is 0 Å². The van der Waals surface area contributed by atoms with Crippen molar-refractivity contribution in [2.24, 2.45) is 80.8 Å². The molecule has 0 aromatic heterocycles. The quantitative estimate of drug-likeness (QED) is 0.128. The van der Waals surface area contributed by atoms with Crippen molar-refractivity contribution >= 4 is 35.8 Å². The van der Waals surface area contributed by atoms with Crippen LogP contribution in [0.1, 0.15) is 291 Å². The van der Waals surface area contributed by atoms with E-state index in [0.717, 1.165) is 76.0 Å². The fourth-order valence-corrected chi connectivity index (χ4v) is 15.6. The van der Waals surface area contributed by atoms with Crippen LogP contribution in [0, 0.1) is 80.8 Å². The SMILES string of the molecule is C.C.C.C.C.C.C.C.CCC(C)(C)C(=O)OC1(C)C2CC3CC(C2)CC1C3.CCC(C)(C)C(=O)OC12CC3CC(CC(O)(C3)C1)C2.CCC(C)(C)C(=O)OC1C2CC3C1OC(=O)C3C2C(=O)OC.CCC1(OC(=O)C(C)(C)CC)CCCC1. The minimum Gasteiger partial charge on any atom is -0.469 e. The molecule has 12 fully saturated rings. The number of fused-ring (bicyclic) bond motifs is 1. The smallest absolute Gasteiger partial charge is 0.312 e. The molecular formula is C70H132O13. The van der Waals surface area contributed by atoms with E-state index in [0.29, 0.717) is 42.9 Å². The lowest BCUT2D eigenvalue weighted by Crippen LogP contribution is -2.61. The van der Waals surface area contributed by atoms with E-state index >= 15 is 0 Å². The first-order valence-electron chi connectivity index (χ1n) is 29.8. The van der Waals surface area contributed by atoms with Crippen molar-refractivity contribution in [3.8, 4) is 0 Å². The Kier molecular flexibility index (Phi) is 29.7. The van der Waals surface area contributed by atoms with Crippen LogP contribution in [0.25, 0.3) is 0 Å². The molecule has 8 unspecified atom stereocenters. The summed E-state index contributed by atoms with van der Waals surface area (Å²) in [6, 6.07) is 0. The summed E-state index contributed by atoms with van der Waals surface area (Å²) < 4.78 is 33.8. The standard InChI is InChI=1S/C17H28O2.C16H22O6.C16H26O3.C13H24O2.8CH4/c1-5-16(2,3)15(18)19-17(4)13-7-11-6-12(9-13)10-14(17)8-11;1-5-16(2,3)15(19)22-12-7-6-8-10(9(7)13(17)20-4)14(18)21-11(8)12;1-4-14(2,3)13(17)19-16-8-11-5-12(9-16)7-15(18,6-11)10-16;1-5-12(3,4)11(14)15-13(6-2)9-7-8-10-13;;;;;;;;/h11-14H,5-10H2,1-4H3;7-12H,5-6H2,1-4H3;11-12,18H,4-10H2,1-3H3;5-10H2,1-4H3;8*1H4. The zero-order valence-electron chi connectivity index (χ0n) is 49.1. The maximum atomic E-state index is 12.5. The Morgan fingerprint density at radius 3 is 1.37 bits per heavy atom. The van der Waals surface area contributed by atoms with Gasteiger partial charge in [-0.1, -0.05) is 94.0 Å². The molecule has 13 heteroatoms. The number of hydrogen-bond donors (Lipinski definition) is 1.